The molecule has 0 spiro atoms. The second kappa shape index (κ2) is 2.39. The van der Waals surface area contributed by atoms with Crippen molar-refractivity contribution in [2.75, 3.05) is 12.8 Å². The van der Waals surface area contributed by atoms with Crippen LogP contribution in [0.3, 0.4) is 0 Å². The average Bonchev–Trinajstić information content (AvgIpc) is 1.99. The molecule has 1 aliphatic rings. The Hall–Kier alpha value is -0.210. The van der Waals surface area contributed by atoms with Gasteiger partial charge in [0.15, 0.2) is 0 Å². The van der Waals surface area contributed by atoms with Gasteiger partial charge in [0.05, 0.1) is 12.8 Å². The van der Waals surface area contributed by atoms with Crippen molar-refractivity contribution < 1.29 is 4.57 Å². The van der Waals surface area contributed by atoms with Crippen molar-refractivity contribution in [2.24, 2.45) is 5.41 Å². The molecule has 1 saturated heterocycles. The van der Waals surface area contributed by atoms with Crippen LogP contribution < -0.4 is 0 Å². The number of hydrogen-bond donors (Lipinski definition) is 0. The summed E-state index contributed by atoms with van der Waals surface area (Å²) in [5.41, 5.74) is 0.235. The van der Waals surface area contributed by atoms with Gasteiger partial charge >= 0.3 is 0 Å². The fourth-order valence-corrected chi connectivity index (χ4v) is 5.20. The quantitative estimate of drug-likeness (QED) is 0.403. The Morgan fingerprint density at radius 3 is 2.36 bits per heavy atom. The Bertz CT molecular complexity index is 247. The van der Waals surface area contributed by atoms with E-state index < -0.39 is 7.14 Å². The SMILES string of the molecule is C#CC1CC(C)(C)CP1(C)=O. The van der Waals surface area contributed by atoms with E-state index in [2.05, 4.69) is 19.8 Å². The summed E-state index contributed by atoms with van der Waals surface area (Å²) < 4.78 is 11.8. The van der Waals surface area contributed by atoms with Crippen molar-refractivity contribution in [3.8, 4) is 12.3 Å². The summed E-state index contributed by atoms with van der Waals surface area (Å²) in [5, 5.41) is 0. The van der Waals surface area contributed by atoms with Gasteiger partial charge < -0.3 is 4.57 Å². The molecule has 2 atom stereocenters. The first-order chi connectivity index (χ1) is 4.87. The number of rotatable bonds is 0. The predicted octanol–water partition coefficient (Wildman–Crippen LogP) is 2.41. The third-order valence-corrected chi connectivity index (χ3v) is 5.47. The van der Waals surface area contributed by atoms with E-state index in [0.29, 0.717) is 0 Å². The summed E-state index contributed by atoms with van der Waals surface area (Å²) in [5.74, 6) is 2.65. The van der Waals surface area contributed by atoms with Crippen LogP contribution >= 0.6 is 7.14 Å². The third kappa shape index (κ3) is 1.68. The monoisotopic (exact) mass is 170 g/mol. The lowest BCUT2D eigenvalue weighted by molar-refractivity contribution is 0.417. The Labute approximate surface area is 68.9 Å². The van der Waals surface area contributed by atoms with Gasteiger partial charge in [-0.05, 0) is 18.5 Å². The molecule has 0 N–H and O–H groups in total. The van der Waals surface area contributed by atoms with Crippen LogP contribution in [0.2, 0.25) is 0 Å². The molecule has 1 fully saturated rings. The molecule has 1 aliphatic heterocycles. The molecule has 0 saturated carbocycles. The lowest BCUT2D eigenvalue weighted by atomic mass is 9.91. The molecule has 0 radical (unpaired) electrons. The molecule has 2 unspecified atom stereocenters. The van der Waals surface area contributed by atoms with Crippen LogP contribution in [0.15, 0.2) is 0 Å². The molecule has 0 aromatic rings. The van der Waals surface area contributed by atoms with Gasteiger partial charge in [-0.2, -0.15) is 0 Å². The van der Waals surface area contributed by atoms with E-state index >= 15 is 0 Å². The first kappa shape index (κ1) is 8.88. The maximum absolute atomic E-state index is 11.8. The highest BCUT2D eigenvalue weighted by Crippen LogP contribution is 2.60. The van der Waals surface area contributed by atoms with E-state index in [9.17, 15) is 4.57 Å². The van der Waals surface area contributed by atoms with Gasteiger partial charge in [-0.3, -0.25) is 0 Å². The average molecular weight is 170 g/mol. The minimum absolute atomic E-state index is 0.0394. The molecule has 0 amide bonds. The summed E-state index contributed by atoms with van der Waals surface area (Å²) in [6.07, 6.45) is 7.05. The van der Waals surface area contributed by atoms with Crippen LogP contribution in [0.5, 0.6) is 0 Å². The standard InChI is InChI=1S/C9H15OP/c1-5-8-6-9(2,3)7-11(8,4)10/h1,8H,6-7H2,2-4H3. The molecule has 1 rings (SSSR count). The predicted molar refractivity (Wildman–Crippen MR) is 49.4 cm³/mol. The normalized spacial score (nSPS) is 41.8. The second-order valence-electron chi connectivity index (χ2n) is 4.38. The number of terminal acetylenes is 1. The molecule has 62 valence electrons. The zero-order valence-corrected chi connectivity index (χ0v) is 8.32. The van der Waals surface area contributed by atoms with Gasteiger partial charge in [0.1, 0.15) is 0 Å². The largest absolute Gasteiger partial charge is 0.323 e. The third-order valence-electron chi connectivity index (χ3n) is 2.34. The van der Waals surface area contributed by atoms with Gasteiger partial charge in [0.2, 0.25) is 0 Å². The van der Waals surface area contributed by atoms with E-state index in [4.69, 9.17) is 6.42 Å². The van der Waals surface area contributed by atoms with Gasteiger partial charge in [-0.15, -0.1) is 6.42 Å². The highest BCUT2D eigenvalue weighted by atomic mass is 31.2. The highest BCUT2D eigenvalue weighted by Gasteiger charge is 2.43. The fourth-order valence-electron chi connectivity index (χ4n) is 1.96. The summed E-state index contributed by atoms with van der Waals surface area (Å²) >= 11 is 0. The van der Waals surface area contributed by atoms with Crippen molar-refractivity contribution >= 4 is 7.14 Å². The lowest BCUT2D eigenvalue weighted by Gasteiger charge is -2.14. The van der Waals surface area contributed by atoms with Crippen LogP contribution in [0, 0.1) is 17.8 Å². The van der Waals surface area contributed by atoms with Gasteiger partial charge in [0.25, 0.3) is 0 Å². The van der Waals surface area contributed by atoms with E-state index in [-0.39, 0.29) is 11.1 Å². The minimum Gasteiger partial charge on any atom is -0.323 e. The Balaban J connectivity index is 2.91. The van der Waals surface area contributed by atoms with Crippen molar-refractivity contribution in [3.05, 3.63) is 0 Å². The van der Waals surface area contributed by atoms with E-state index in [1.54, 1.807) is 0 Å². The number of hydrogen-bond acceptors (Lipinski definition) is 1. The maximum atomic E-state index is 11.8. The lowest BCUT2D eigenvalue weighted by Crippen LogP contribution is -2.09. The molecule has 1 nitrogen and oxygen atoms in total. The molecular formula is C9H15OP. The zero-order valence-electron chi connectivity index (χ0n) is 7.42. The van der Waals surface area contributed by atoms with Gasteiger partial charge in [0, 0.05) is 6.16 Å². The molecule has 2 heteroatoms. The van der Waals surface area contributed by atoms with Gasteiger partial charge in [-0.25, -0.2) is 0 Å². The van der Waals surface area contributed by atoms with Crippen LogP contribution in [-0.2, 0) is 4.57 Å². The van der Waals surface area contributed by atoms with Crippen molar-refractivity contribution in [1.29, 1.82) is 0 Å². The van der Waals surface area contributed by atoms with Crippen LogP contribution in [0.4, 0.5) is 0 Å². The highest BCUT2D eigenvalue weighted by molar-refractivity contribution is 7.64. The summed E-state index contributed by atoms with van der Waals surface area (Å²) in [4.78, 5) is 0. The first-order valence-corrected chi connectivity index (χ1v) is 6.31. The maximum Gasteiger partial charge on any atom is 0.0996 e. The molecule has 0 aromatic carbocycles. The molecule has 11 heavy (non-hydrogen) atoms. The van der Waals surface area contributed by atoms with Crippen molar-refractivity contribution in [1.82, 2.24) is 0 Å². The summed E-state index contributed by atoms with van der Waals surface area (Å²) in [6, 6.07) is 0. The summed E-state index contributed by atoms with van der Waals surface area (Å²) in [7, 11) is -2.01. The van der Waals surface area contributed by atoms with Crippen molar-refractivity contribution in [2.45, 2.75) is 25.9 Å². The first-order valence-electron chi connectivity index (χ1n) is 3.90. The Morgan fingerprint density at radius 2 is 2.18 bits per heavy atom. The van der Waals surface area contributed by atoms with E-state index in [0.717, 1.165) is 12.6 Å². The zero-order chi connectivity index (χ0) is 8.70. The topological polar surface area (TPSA) is 17.1 Å². The Morgan fingerprint density at radius 1 is 1.64 bits per heavy atom. The molecule has 1 heterocycles. The second-order valence-corrected chi connectivity index (χ2v) is 7.67. The fraction of sp³-hybridized carbons (Fsp3) is 0.778. The van der Waals surface area contributed by atoms with Crippen molar-refractivity contribution in [3.63, 3.8) is 0 Å². The molecule has 0 aliphatic carbocycles. The van der Waals surface area contributed by atoms with E-state index in [1.807, 2.05) is 6.66 Å². The van der Waals surface area contributed by atoms with Crippen LogP contribution in [0.1, 0.15) is 20.3 Å². The molecule has 0 aromatic heterocycles. The van der Waals surface area contributed by atoms with Gasteiger partial charge in [-0.1, -0.05) is 19.8 Å². The van der Waals surface area contributed by atoms with Crippen LogP contribution in [0.25, 0.3) is 0 Å². The summed E-state index contributed by atoms with van der Waals surface area (Å²) in [6.45, 7) is 6.12. The minimum atomic E-state index is -2.01. The molecule has 0 bridgehead atoms. The van der Waals surface area contributed by atoms with Crippen LogP contribution in [-0.4, -0.2) is 18.5 Å². The smallest absolute Gasteiger partial charge is 0.0996 e. The Kier molecular flexibility index (Phi) is 1.93. The van der Waals surface area contributed by atoms with E-state index in [1.165, 1.54) is 0 Å². The molecular weight excluding hydrogens is 155 g/mol.